The van der Waals surface area contributed by atoms with Crippen molar-refractivity contribution >= 4 is 5.91 Å². The monoisotopic (exact) mass is 339 g/mol. The van der Waals surface area contributed by atoms with E-state index < -0.39 is 6.10 Å². The molecular formula is C22H29NO2. The normalized spacial score (nSPS) is 13.2. The van der Waals surface area contributed by atoms with Crippen LogP contribution < -0.4 is 10.1 Å². The van der Waals surface area contributed by atoms with Crippen molar-refractivity contribution in [3.8, 4) is 5.75 Å². The third-order valence-corrected chi connectivity index (χ3v) is 4.55. The van der Waals surface area contributed by atoms with E-state index in [2.05, 4.69) is 51.2 Å². The van der Waals surface area contributed by atoms with E-state index in [0.29, 0.717) is 0 Å². The number of nitrogens with one attached hydrogen (secondary N) is 1. The zero-order chi connectivity index (χ0) is 18.4. The lowest BCUT2D eigenvalue weighted by molar-refractivity contribution is -0.128. The molecule has 25 heavy (non-hydrogen) atoms. The summed E-state index contributed by atoms with van der Waals surface area (Å²) in [5.41, 5.74) is 4.72. The fourth-order valence-corrected chi connectivity index (χ4v) is 3.06. The maximum absolute atomic E-state index is 12.6. The Morgan fingerprint density at radius 1 is 1.12 bits per heavy atom. The average molecular weight is 339 g/mol. The van der Waals surface area contributed by atoms with Gasteiger partial charge in [-0.15, -0.1) is 0 Å². The molecule has 3 heteroatoms. The summed E-state index contributed by atoms with van der Waals surface area (Å²) in [6, 6.07) is 14.2. The third kappa shape index (κ3) is 4.85. The number of carbonyl (C=O) groups excluding carboxylic acids is 1. The summed E-state index contributed by atoms with van der Waals surface area (Å²) in [5, 5.41) is 3.14. The number of ether oxygens (including phenoxy) is 1. The first-order chi connectivity index (χ1) is 12.0. The third-order valence-electron chi connectivity index (χ3n) is 4.55. The van der Waals surface area contributed by atoms with Crippen LogP contribution in [0.25, 0.3) is 0 Å². The highest BCUT2D eigenvalue weighted by Crippen LogP contribution is 2.23. The predicted molar refractivity (Wildman–Crippen MR) is 103 cm³/mol. The van der Waals surface area contributed by atoms with E-state index in [1.807, 2.05) is 24.3 Å². The minimum Gasteiger partial charge on any atom is -0.481 e. The number of aryl methyl sites for hydroxylation is 3. The molecule has 0 unspecified atom stereocenters. The molecular weight excluding hydrogens is 310 g/mol. The van der Waals surface area contributed by atoms with E-state index in [1.165, 1.54) is 16.7 Å². The Labute approximate surface area is 151 Å². The second-order valence-electron chi connectivity index (χ2n) is 6.55. The largest absolute Gasteiger partial charge is 0.481 e. The van der Waals surface area contributed by atoms with Crippen LogP contribution in [-0.4, -0.2) is 12.0 Å². The molecule has 0 saturated heterocycles. The Balaban J connectivity index is 2.08. The van der Waals surface area contributed by atoms with Gasteiger partial charge in [-0.2, -0.15) is 0 Å². The number of rotatable bonds is 7. The summed E-state index contributed by atoms with van der Waals surface area (Å²) in [6.07, 6.45) is 1.19. The Bertz CT molecular complexity index is 724. The quantitative estimate of drug-likeness (QED) is 0.779. The van der Waals surface area contributed by atoms with Gasteiger partial charge in [-0.1, -0.05) is 55.8 Å². The van der Waals surface area contributed by atoms with Crippen molar-refractivity contribution in [2.45, 2.75) is 59.6 Å². The lowest BCUT2D eigenvalue weighted by atomic mass is 9.97. The molecule has 3 nitrogen and oxygen atoms in total. The molecule has 2 aromatic carbocycles. The zero-order valence-electron chi connectivity index (χ0n) is 15.9. The molecule has 0 fully saturated rings. The Kier molecular flexibility index (Phi) is 6.63. The average Bonchev–Trinajstić information content (AvgIpc) is 2.60. The van der Waals surface area contributed by atoms with Crippen LogP contribution in [0.15, 0.2) is 42.5 Å². The summed E-state index contributed by atoms with van der Waals surface area (Å²) < 4.78 is 5.92. The SMILES string of the molecule is CCc1ccccc1O[C@@H](C)C(=O)N[C@@H](CC)c1ccc(C)cc1C. The van der Waals surface area contributed by atoms with Crippen molar-refractivity contribution in [2.24, 2.45) is 0 Å². The lowest BCUT2D eigenvalue weighted by Gasteiger charge is -2.23. The molecule has 0 aliphatic rings. The van der Waals surface area contributed by atoms with Crippen LogP contribution in [0.5, 0.6) is 5.75 Å². The standard InChI is InChI=1S/C22H29NO2/c1-6-18-10-8-9-11-21(18)25-17(5)22(24)23-20(7-2)19-13-12-15(3)14-16(19)4/h8-14,17,20H,6-7H2,1-5H3,(H,23,24)/t17-,20-/m0/s1. The first kappa shape index (κ1) is 19.0. The number of para-hydroxylation sites is 1. The van der Waals surface area contributed by atoms with Gasteiger partial charge in [0.25, 0.3) is 5.91 Å². The highest BCUT2D eigenvalue weighted by molar-refractivity contribution is 5.81. The van der Waals surface area contributed by atoms with Crippen LogP contribution in [-0.2, 0) is 11.2 Å². The van der Waals surface area contributed by atoms with Crippen molar-refractivity contribution in [1.82, 2.24) is 5.32 Å². The van der Waals surface area contributed by atoms with E-state index >= 15 is 0 Å². The van der Waals surface area contributed by atoms with Crippen molar-refractivity contribution in [3.63, 3.8) is 0 Å². The van der Waals surface area contributed by atoms with Crippen molar-refractivity contribution in [2.75, 3.05) is 0 Å². The molecule has 2 aromatic rings. The van der Waals surface area contributed by atoms with Gasteiger partial charge in [-0.25, -0.2) is 0 Å². The molecule has 1 amide bonds. The fourth-order valence-electron chi connectivity index (χ4n) is 3.06. The molecule has 0 aliphatic carbocycles. The summed E-state index contributed by atoms with van der Waals surface area (Å²) in [4.78, 5) is 12.6. The second kappa shape index (κ2) is 8.70. The van der Waals surface area contributed by atoms with E-state index in [1.54, 1.807) is 6.92 Å². The highest BCUT2D eigenvalue weighted by atomic mass is 16.5. The minimum absolute atomic E-state index is 0.000527. The maximum Gasteiger partial charge on any atom is 0.261 e. The lowest BCUT2D eigenvalue weighted by Crippen LogP contribution is -2.38. The van der Waals surface area contributed by atoms with Gasteiger partial charge in [0.1, 0.15) is 5.75 Å². The van der Waals surface area contributed by atoms with E-state index in [0.717, 1.165) is 24.2 Å². The van der Waals surface area contributed by atoms with E-state index in [-0.39, 0.29) is 11.9 Å². The van der Waals surface area contributed by atoms with Gasteiger partial charge in [-0.3, -0.25) is 4.79 Å². The highest BCUT2D eigenvalue weighted by Gasteiger charge is 2.21. The summed E-state index contributed by atoms with van der Waals surface area (Å²) in [5.74, 6) is 0.699. The molecule has 2 rings (SSSR count). The van der Waals surface area contributed by atoms with E-state index in [4.69, 9.17) is 4.74 Å². The van der Waals surface area contributed by atoms with Crippen LogP contribution in [0.1, 0.15) is 55.5 Å². The summed E-state index contributed by atoms with van der Waals surface area (Å²) in [6.45, 7) is 10.1. The van der Waals surface area contributed by atoms with Gasteiger partial charge < -0.3 is 10.1 Å². The summed E-state index contributed by atoms with van der Waals surface area (Å²) in [7, 11) is 0. The Morgan fingerprint density at radius 2 is 1.84 bits per heavy atom. The Morgan fingerprint density at radius 3 is 2.48 bits per heavy atom. The van der Waals surface area contributed by atoms with Crippen molar-refractivity contribution in [3.05, 3.63) is 64.7 Å². The van der Waals surface area contributed by atoms with Crippen LogP contribution >= 0.6 is 0 Å². The molecule has 0 heterocycles. The van der Waals surface area contributed by atoms with Gasteiger partial charge in [0.05, 0.1) is 6.04 Å². The molecule has 0 spiro atoms. The van der Waals surface area contributed by atoms with Crippen LogP contribution in [0.2, 0.25) is 0 Å². The molecule has 1 N–H and O–H groups in total. The molecule has 0 radical (unpaired) electrons. The van der Waals surface area contributed by atoms with Gasteiger partial charge in [0.15, 0.2) is 6.10 Å². The van der Waals surface area contributed by atoms with Gasteiger partial charge in [-0.05, 0) is 56.4 Å². The van der Waals surface area contributed by atoms with Crippen molar-refractivity contribution in [1.29, 1.82) is 0 Å². The predicted octanol–water partition coefficient (Wildman–Crippen LogP) is 4.90. The number of hydrogen-bond donors (Lipinski definition) is 1. The molecule has 0 aromatic heterocycles. The smallest absolute Gasteiger partial charge is 0.261 e. The first-order valence-corrected chi connectivity index (χ1v) is 9.08. The molecule has 0 bridgehead atoms. The number of hydrogen-bond acceptors (Lipinski definition) is 2. The fraction of sp³-hybridized carbons (Fsp3) is 0.409. The van der Waals surface area contributed by atoms with Crippen LogP contribution in [0.4, 0.5) is 0 Å². The van der Waals surface area contributed by atoms with Gasteiger partial charge in [0, 0.05) is 0 Å². The zero-order valence-corrected chi connectivity index (χ0v) is 15.9. The molecule has 0 aliphatic heterocycles. The molecule has 134 valence electrons. The number of amides is 1. The van der Waals surface area contributed by atoms with Gasteiger partial charge in [0.2, 0.25) is 0 Å². The van der Waals surface area contributed by atoms with Crippen LogP contribution in [0.3, 0.4) is 0 Å². The summed E-state index contributed by atoms with van der Waals surface area (Å²) >= 11 is 0. The minimum atomic E-state index is -0.535. The maximum atomic E-state index is 12.6. The molecule has 2 atom stereocenters. The first-order valence-electron chi connectivity index (χ1n) is 9.08. The Hall–Kier alpha value is -2.29. The topological polar surface area (TPSA) is 38.3 Å². The second-order valence-corrected chi connectivity index (χ2v) is 6.55. The number of benzene rings is 2. The number of carbonyl (C=O) groups is 1. The van der Waals surface area contributed by atoms with Gasteiger partial charge >= 0.3 is 0 Å². The van der Waals surface area contributed by atoms with E-state index in [9.17, 15) is 4.79 Å². The van der Waals surface area contributed by atoms with Crippen molar-refractivity contribution < 1.29 is 9.53 Å². The van der Waals surface area contributed by atoms with Crippen LogP contribution in [0, 0.1) is 13.8 Å². The molecule has 0 saturated carbocycles.